The van der Waals surface area contributed by atoms with Crippen LogP contribution in [-0.4, -0.2) is 76.1 Å². The second kappa shape index (κ2) is 11.1. The molecule has 2 aromatic rings. The number of amides is 1. The molecule has 1 aliphatic heterocycles. The molecule has 2 aromatic carbocycles. The van der Waals surface area contributed by atoms with E-state index in [9.17, 15) is 13.2 Å². The predicted octanol–water partition coefficient (Wildman–Crippen LogP) is 2.66. The van der Waals surface area contributed by atoms with Crippen LogP contribution in [0.5, 0.6) is 5.75 Å². The molecule has 1 amide bonds. The van der Waals surface area contributed by atoms with Crippen molar-refractivity contribution in [3.05, 3.63) is 53.6 Å². The van der Waals surface area contributed by atoms with Gasteiger partial charge in [0.15, 0.2) is 0 Å². The maximum absolute atomic E-state index is 12.9. The first-order valence-electron chi connectivity index (χ1n) is 11.1. The lowest BCUT2D eigenvalue weighted by Gasteiger charge is -2.26. The van der Waals surface area contributed by atoms with Crippen LogP contribution in [0.3, 0.4) is 0 Å². The maximum atomic E-state index is 12.9. The molecule has 1 heterocycles. The molecule has 1 N–H and O–H groups in total. The minimum atomic E-state index is -3.63. The van der Waals surface area contributed by atoms with E-state index < -0.39 is 16.1 Å². The number of sulfonamides is 1. The van der Waals surface area contributed by atoms with Crippen LogP contribution >= 0.6 is 0 Å². The summed E-state index contributed by atoms with van der Waals surface area (Å²) in [5.74, 6) is 0.598. The number of benzene rings is 2. The van der Waals surface area contributed by atoms with Crippen molar-refractivity contribution in [1.82, 2.24) is 9.21 Å². The van der Waals surface area contributed by atoms with Gasteiger partial charge in [-0.1, -0.05) is 12.1 Å². The third kappa shape index (κ3) is 6.77. The van der Waals surface area contributed by atoms with Crippen LogP contribution in [-0.2, 0) is 19.6 Å². The highest BCUT2D eigenvalue weighted by molar-refractivity contribution is 7.89. The molecule has 0 aromatic heterocycles. The first kappa shape index (κ1) is 25.2. The van der Waals surface area contributed by atoms with Crippen LogP contribution in [0.2, 0.25) is 0 Å². The van der Waals surface area contributed by atoms with Gasteiger partial charge in [-0.25, -0.2) is 8.42 Å². The summed E-state index contributed by atoms with van der Waals surface area (Å²) < 4.78 is 38.3. The van der Waals surface area contributed by atoms with Crippen LogP contribution < -0.4 is 10.1 Å². The van der Waals surface area contributed by atoms with E-state index in [1.165, 1.54) is 10.4 Å². The second-order valence-electron chi connectivity index (χ2n) is 8.36. The molecule has 1 aliphatic rings. The highest BCUT2D eigenvalue weighted by Gasteiger charge is 2.27. The van der Waals surface area contributed by atoms with Gasteiger partial charge in [-0.15, -0.1) is 0 Å². The fourth-order valence-electron chi connectivity index (χ4n) is 3.63. The summed E-state index contributed by atoms with van der Waals surface area (Å²) >= 11 is 0. The largest absolute Gasteiger partial charge is 0.492 e. The smallest absolute Gasteiger partial charge is 0.243 e. The topological polar surface area (TPSA) is 88.2 Å². The third-order valence-electron chi connectivity index (χ3n) is 5.66. The van der Waals surface area contributed by atoms with Gasteiger partial charge in [0.25, 0.3) is 0 Å². The average molecular weight is 476 g/mol. The number of carbonyl (C=O) groups excluding carboxylic acids is 1. The zero-order chi connectivity index (χ0) is 24.0. The van der Waals surface area contributed by atoms with Crippen molar-refractivity contribution in [3.63, 3.8) is 0 Å². The number of nitrogens with one attached hydrogen (secondary N) is 1. The van der Waals surface area contributed by atoms with E-state index in [-0.39, 0.29) is 10.8 Å². The summed E-state index contributed by atoms with van der Waals surface area (Å²) in [5.41, 5.74) is 2.73. The van der Waals surface area contributed by atoms with E-state index in [2.05, 4.69) is 11.4 Å². The van der Waals surface area contributed by atoms with Crippen molar-refractivity contribution in [2.75, 3.05) is 51.8 Å². The molecule has 3 rings (SSSR count). The van der Waals surface area contributed by atoms with Crippen LogP contribution in [0.15, 0.2) is 47.4 Å². The van der Waals surface area contributed by atoms with Crippen molar-refractivity contribution in [2.24, 2.45) is 0 Å². The van der Waals surface area contributed by atoms with Gasteiger partial charge >= 0.3 is 0 Å². The van der Waals surface area contributed by atoms with Gasteiger partial charge in [0.1, 0.15) is 12.4 Å². The Labute approximate surface area is 196 Å². The molecule has 1 unspecified atom stereocenters. The molecular formula is C24H33N3O5S. The van der Waals surface area contributed by atoms with Crippen LogP contribution in [0.1, 0.15) is 18.1 Å². The number of aryl methyl sites for hydroxylation is 2. The lowest BCUT2D eigenvalue weighted by Crippen LogP contribution is -2.41. The summed E-state index contributed by atoms with van der Waals surface area (Å²) in [7, 11) is -1.77. The Morgan fingerprint density at radius 1 is 1.15 bits per heavy atom. The van der Waals surface area contributed by atoms with Crippen LogP contribution in [0.4, 0.5) is 5.69 Å². The van der Waals surface area contributed by atoms with Gasteiger partial charge in [0.2, 0.25) is 15.9 Å². The van der Waals surface area contributed by atoms with Crippen molar-refractivity contribution < 1.29 is 22.7 Å². The van der Waals surface area contributed by atoms with Gasteiger partial charge in [0, 0.05) is 25.3 Å². The number of ether oxygens (including phenoxy) is 2. The maximum Gasteiger partial charge on any atom is 0.243 e. The van der Waals surface area contributed by atoms with E-state index in [1.54, 1.807) is 25.1 Å². The van der Waals surface area contributed by atoms with E-state index in [0.717, 1.165) is 16.9 Å². The summed E-state index contributed by atoms with van der Waals surface area (Å²) in [5, 5.41) is 2.83. The fourth-order valence-corrected chi connectivity index (χ4v) is 5.09. The van der Waals surface area contributed by atoms with Crippen LogP contribution in [0.25, 0.3) is 0 Å². The van der Waals surface area contributed by atoms with Gasteiger partial charge < -0.3 is 14.8 Å². The van der Waals surface area contributed by atoms with Crippen molar-refractivity contribution >= 4 is 21.6 Å². The zero-order valence-electron chi connectivity index (χ0n) is 19.7. The molecule has 0 saturated carbocycles. The minimum absolute atomic E-state index is 0.157. The van der Waals surface area contributed by atoms with E-state index in [4.69, 9.17) is 9.47 Å². The number of morpholine rings is 1. The lowest BCUT2D eigenvalue weighted by molar-refractivity contribution is -0.120. The van der Waals surface area contributed by atoms with Gasteiger partial charge in [0.05, 0.1) is 24.2 Å². The molecule has 8 nitrogen and oxygen atoms in total. The molecular weight excluding hydrogens is 442 g/mol. The molecule has 0 aliphatic carbocycles. The van der Waals surface area contributed by atoms with Crippen molar-refractivity contribution in [3.8, 4) is 5.75 Å². The number of nitrogens with zero attached hydrogens (tertiary/aromatic N) is 2. The molecule has 9 heteroatoms. The Bertz CT molecular complexity index is 1050. The molecule has 0 bridgehead atoms. The first-order valence-corrected chi connectivity index (χ1v) is 12.5. The highest BCUT2D eigenvalue weighted by Crippen LogP contribution is 2.21. The van der Waals surface area contributed by atoms with E-state index >= 15 is 0 Å². The standard InChI is InChI=1S/C24H33N3O5S/c1-18-14-19(2)16-22(15-18)32-13-8-26(4)20(3)24(28)25-21-6-5-7-23(17-21)33(29,30)27-9-11-31-12-10-27/h5-7,14-17,20H,8-13H2,1-4H3,(H,25,28). The predicted molar refractivity (Wildman–Crippen MR) is 128 cm³/mol. The molecule has 0 spiro atoms. The molecule has 1 fully saturated rings. The molecule has 0 radical (unpaired) electrons. The van der Waals surface area contributed by atoms with Gasteiger partial charge in [-0.3, -0.25) is 9.69 Å². The Morgan fingerprint density at radius 2 is 1.82 bits per heavy atom. The Hall–Kier alpha value is -2.46. The number of hydrogen-bond acceptors (Lipinski definition) is 6. The monoisotopic (exact) mass is 475 g/mol. The van der Waals surface area contributed by atoms with E-state index in [0.29, 0.717) is 45.1 Å². The van der Waals surface area contributed by atoms with E-state index in [1.807, 2.05) is 37.9 Å². The second-order valence-corrected chi connectivity index (χ2v) is 10.3. The normalized spacial score (nSPS) is 15.9. The third-order valence-corrected chi connectivity index (χ3v) is 7.55. The SMILES string of the molecule is Cc1cc(C)cc(OCCN(C)C(C)C(=O)Nc2cccc(S(=O)(=O)N3CCOCC3)c2)c1. The Morgan fingerprint density at radius 3 is 2.48 bits per heavy atom. The number of anilines is 1. The van der Waals surface area contributed by atoms with Crippen molar-refractivity contribution in [1.29, 1.82) is 0 Å². The van der Waals surface area contributed by atoms with Crippen LogP contribution in [0, 0.1) is 13.8 Å². The first-order chi connectivity index (χ1) is 15.7. The zero-order valence-corrected chi connectivity index (χ0v) is 20.5. The molecule has 1 saturated heterocycles. The summed E-state index contributed by atoms with van der Waals surface area (Å²) in [6.45, 7) is 8.28. The Kier molecular flexibility index (Phi) is 8.47. The number of hydrogen-bond donors (Lipinski definition) is 1. The number of carbonyl (C=O) groups is 1. The number of rotatable bonds is 9. The quantitative estimate of drug-likeness (QED) is 0.600. The molecule has 1 atom stereocenters. The minimum Gasteiger partial charge on any atom is -0.492 e. The fraction of sp³-hybridized carbons (Fsp3) is 0.458. The summed E-state index contributed by atoms with van der Waals surface area (Å²) in [6.07, 6.45) is 0. The summed E-state index contributed by atoms with van der Waals surface area (Å²) in [4.78, 5) is 14.8. The highest BCUT2D eigenvalue weighted by atomic mass is 32.2. The Balaban J connectivity index is 1.56. The summed E-state index contributed by atoms with van der Waals surface area (Å²) in [6, 6.07) is 12.0. The van der Waals surface area contributed by atoms with Gasteiger partial charge in [-0.05, 0) is 69.3 Å². The lowest BCUT2D eigenvalue weighted by atomic mass is 10.1. The van der Waals surface area contributed by atoms with Crippen molar-refractivity contribution in [2.45, 2.75) is 31.7 Å². The number of likely N-dealkylation sites (N-methyl/N-ethyl adjacent to an activating group) is 1. The molecule has 33 heavy (non-hydrogen) atoms. The average Bonchev–Trinajstić information content (AvgIpc) is 2.78. The molecule has 180 valence electrons. The van der Waals surface area contributed by atoms with Gasteiger partial charge in [-0.2, -0.15) is 4.31 Å².